The molecule has 0 atom stereocenters. The van der Waals surface area contributed by atoms with Crippen molar-refractivity contribution >= 4 is 27.3 Å². The fourth-order valence-electron chi connectivity index (χ4n) is 3.64. The summed E-state index contributed by atoms with van der Waals surface area (Å²) in [5.41, 5.74) is 3.59. The van der Waals surface area contributed by atoms with Gasteiger partial charge in [-0.25, -0.2) is 8.42 Å². The topological polar surface area (TPSA) is 146 Å². The molecular formula is C26H39N5O6S. The lowest BCUT2D eigenvalue weighted by Crippen LogP contribution is -2.37. The van der Waals surface area contributed by atoms with Gasteiger partial charge in [0.15, 0.2) is 0 Å². The van der Waals surface area contributed by atoms with Gasteiger partial charge in [0, 0.05) is 24.9 Å². The third-order valence-electron chi connectivity index (χ3n) is 5.63. The second-order valence-corrected chi connectivity index (χ2v) is 12.2. The molecule has 12 heteroatoms. The summed E-state index contributed by atoms with van der Waals surface area (Å²) < 4.78 is 31.9. The van der Waals surface area contributed by atoms with E-state index in [4.69, 9.17) is 0 Å². The van der Waals surface area contributed by atoms with Crippen LogP contribution in [0.1, 0.15) is 44.7 Å². The number of nitrogens with one attached hydrogen (secondary N) is 1. The Balaban J connectivity index is 0.000000757. The lowest BCUT2D eigenvalue weighted by atomic mass is 9.84. The van der Waals surface area contributed by atoms with Crippen LogP contribution in [0, 0.1) is 0 Å². The third-order valence-corrected chi connectivity index (χ3v) is 6.04. The Morgan fingerprint density at radius 1 is 1.13 bits per heavy atom. The minimum atomic E-state index is -4.41. The summed E-state index contributed by atoms with van der Waals surface area (Å²) in [4.78, 5) is 13.9. The highest BCUT2D eigenvalue weighted by atomic mass is 32.3. The zero-order chi connectivity index (χ0) is 28.7. The molecule has 0 radical (unpaired) electrons. The molecule has 3 rings (SSSR count). The van der Waals surface area contributed by atoms with Crippen LogP contribution in [0.15, 0.2) is 36.4 Å². The molecule has 0 spiro atoms. The number of quaternary nitrogens is 1. The molecule has 0 saturated carbocycles. The van der Waals surface area contributed by atoms with E-state index >= 15 is 0 Å². The Bertz CT molecular complexity index is 1310. The molecule has 2 N–H and O–H groups in total. The van der Waals surface area contributed by atoms with Crippen molar-refractivity contribution in [2.24, 2.45) is 0 Å². The molecule has 0 fully saturated rings. The normalized spacial score (nSPS) is 12.2. The minimum absolute atomic E-state index is 0.0429. The zero-order valence-corrected chi connectivity index (χ0v) is 24.0. The number of phenols is 1. The van der Waals surface area contributed by atoms with Gasteiger partial charge in [-0.15, -0.1) is 15.0 Å². The summed E-state index contributed by atoms with van der Waals surface area (Å²) in [6, 6.07) is 11.5. The number of carbonyl (C=O) groups excluding carboxylic acids is 1. The lowest BCUT2D eigenvalue weighted by molar-refractivity contribution is -0.870. The number of rotatable bonds is 9. The standard InChI is InChI=1S/C25H35N5O2.CH4O4S/c1-25(2,3)19-16-18(12-13-23(31)26-14-9-15-30(4,5)6)17-22(24(19)32)29-27-20-10-7-8-11-21(20)28-29;1-5-6(2,3)4/h7-8,10-11,16-17H,9,12-15H2,1-6H3,(H-,26,31,32);1H3,(H,2,3,4). The van der Waals surface area contributed by atoms with Crippen LogP contribution in [0.25, 0.3) is 16.7 Å². The van der Waals surface area contributed by atoms with Gasteiger partial charge in [-0.2, -0.15) is 0 Å². The number of aryl methyl sites for hydroxylation is 1. The Hall–Kier alpha value is -3.06. The van der Waals surface area contributed by atoms with Crippen molar-refractivity contribution in [3.8, 4) is 11.4 Å². The van der Waals surface area contributed by atoms with Crippen molar-refractivity contribution in [1.82, 2.24) is 20.3 Å². The lowest BCUT2D eigenvalue weighted by Gasteiger charge is -2.23. The molecular weight excluding hydrogens is 510 g/mol. The van der Waals surface area contributed by atoms with E-state index in [0.29, 0.717) is 25.1 Å². The SMILES string of the molecule is CC(C)(C)c1cc(CCC(=O)NCCC[N+](C)(C)C)cc(-n2nc3ccccc3n2)c1O.COS(=O)(=O)[O-]. The summed E-state index contributed by atoms with van der Waals surface area (Å²) in [5, 5.41) is 23.1. The maximum atomic E-state index is 12.4. The first-order valence-electron chi connectivity index (χ1n) is 12.3. The Labute approximate surface area is 225 Å². The number of nitrogens with zero attached hydrogens (tertiary/aromatic N) is 4. The first kappa shape index (κ1) is 31.2. The minimum Gasteiger partial charge on any atom is -0.726 e. The first-order valence-corrected chi connectivity index (χ1v) is 13.6. The van der Waals surface area contributed by atoms with Gasteiger partial charge in [-0.1, -0.05) is 39.0 Å². The monoisotopic (exact) mass is 549 g/mol. The van der Waals surface area contributed by atoms with Crippen molar-refractivity contribution in [2.45, 2.75) is 45.4 Å². The second-order valence-electron chi connectivity index (χ2n) is 11.0. The van der Waals surface area contributed by atoms with Crippen LogP contribution >= 0.6 is 0 Å². The maximum absolute atomic E-state index is 12.4. The van der Waals surface area contributed by atoms with Crippen LogP contribution in [-0.4, -0.2) is 84.8 Å². The van der Waals surface area contributed by atoms with Crippen LogP contribution in [0.5, 0.6) is 5.75 Å². The Kier molecular flexibility index (Phi) is 10.4. The molecule has 0 bridgehead atoms. The number of aromatic hydroxyl groups is 1. The van der Waals surface area contributed by atoms with E-state index < -0.39 is 10.4 Å². The number of amides is 1. The highest BCUT2D eigenvalue weighted by Crippen LogP contribution is 2.36. The Morgan fingerprint density at radius 2 is 1.68 bits per heavy atom. The summed E-state index contributed by atoms with van der Waals surface area (Å²) in [7, 11) is 2.84. The largest absolute Gasteiger partial charge is 0.726 e. The van der Waals surface area contributed by atoms with Crippen molar-refractivity contribution in [1.29, 1.82) is 0 Å². The molecule has 3 aromatic rings. The fourth-order valence-corrected chi connectivity index (χ4v) is 3.64. The van der Waals surface area contributed by atoms with Crippen molar-refractivity contribution in [3.63, 3.8) is 0 Å². The third kappa shape index (κ3) is 10.0. The predicted octanol–water partition coefficient (Wildman–Crippen LogP) is 2.66. The van der Waals surface area contributed by atoms with E-state index in [0.717, 1.165) is 46.7 Å². The molecule has 0 unspecified atom stereocenters. The van der Waals surface area contributed by atoms with Gasteiger partial charge < -0.3 is 19.5 Å². The van der Waals surface area contributed by atoms with Gasteiger partial charge in [-0.3, -0.25) is 8.98 Å². The maximum Gasteiger partial charge on any atom is 0.220 e. The summed E-state index contributed by atoms with van der Waals surface area (Å²) in [6.07, 6.45) is 1.93. The number of phenolic OH excluding ortho intramolecular Hbond substituents is 1. The van der Waals surface area contributed by atoms with E-state index in [-0.39, 0.29) is 17.1 Å². The van der Waals surface area contributed by atoms with Gasteiger partial charge in [0.2, 0.25) is 16.3 Å². The average molecular weight is 550 g/mol. The summed E-state index contributed by atoms with van der Waals surface area (Å²) >= 11 is 0. The number of aromatic nitrogens is 3. The van der Waals surface area contributed by atoms with Crippen LogP contribution < -0.4 is 5.32 Å². The van der Waals surface area contributed by atoms with E-state index in [1.807, 2.05) is 36.4 Å². The van der Waals surface area contributed by atoms with E-state index in [1.165, 1.54) is 4.80 Å². The van der Waals surface area contributed by atoms with E-state index in [9.17, 15) is 22.9 Å². The Morgan fingerprint density at radius 3 is 2.16 bits per heavy atom. The number of fused-ring (bicyclic) bond motifs is 1. The van der Waals surface area contributed by atoms with Gasteiger partial charge in [0.25, 0.3) is 0 Å². The molecule has 0 saturated heterocycles. The summed E-state index contributed by atoms with van der Waals surface area (Å²) in [6.45, 7) is 7.88. The zero-order valence-electron chi connectivity index (χ0n) is 23.2. The molecule has 1 aromatic heterocycles. The predicted molar refractivity (Wildman–Crippen MR) is 145 cm³/mol. The van der Waals surface area contributed by atoms with Gasteiger partial charge in [0.1, 0.15) is 22.5 Å². The first-order chi connectivity index (χ1) is 17.5. The average Bonchev–Trinajstić information content (AvgIpc) is 3.24. The van der Waals surface area contributed by atoms with Crippen LogP contribution in [0.2, 0.25) is 0 Å². The molecule has 210 valence electrons. The molecule has 0 aliphatic rings. The van der Waals surface area contributed by atoms with Crippen molar-refractivity contribution in [2.75, 3.05) is 41.3 Å². The fraction of sp³-hybridized carbons (Fsp3) is 0.500. The number of benzene rings is 2. The van der Waals surface area contributed by atoms with Crippen molar-refractivity contribution < 1.29 is 31.5 Å². The van der Waals surface area contributed by atoms with Crippen molar-refractivity contribution in [3.05, 3.63) is 47.5 Å². The summed E-state index contributed by atoms with van der Waals surface area (Å²) in [5.74, 6) is 0.215. The van der Waals surface area contributed by atoms with E-state index in [2.05, 4.69) is 61.6 Å². The molecule has 38 heavy (non-hydrogen) atoms. The number of hydrogen-bond donors (Lipinski definition) is 2. The van der Waals surface area contributed by atoms with Gasteiger partial charge in [-0.05, 0) is 35.6 Å². The van der Waals surface area contributed by atoms with Crippen LogP contribution in [0.3, 0.4) is 0 Å². The number of carbonyl (C=O) groups is 1. The molecule has 1 heterocycles. The quantitative estimate of drug-likeness (QED) is 0.179. The number of hydrogen-bond acceptors (Lipinski definition) is 8. The molecule has 0 aliphatic heterocycles. The smallest absolute Gasteiger partial charge is 0.220 e. The highest BCUT2D eigenvalue weighted by Gasteiger charge is 2.23. The van der Waals surface area contributed by atoms with Gasteiger partial charge in [0.05, 0.1) is 34.8 Å². The molecule has 2 aromatic carbocycles. The molecule has 11 nitrogen and oxygen atoms in total. The highest BCUT2D eigenvalue weighted by molar-refractivity contribution is 7.80. The molecule has 0 aliphatic carbocycles. The second kappa shape index (κ2) is 12.7. The molecule has 1 amide bonds. The van der Waals surface area contributed by atoms with Gasteiger partial charge >= 0.3 is 0 Å². The van der Waals surface area contributed by atoms with E-state index in [1.54, 1.807) is 0 Å². The van der Waals surface area contributed by atoms with Crippen LogP contribution in [0.4, 0.5) is 0 Å². The van der Waals surface area contributed by atoms with Crippen LogP contribution in [-0.2, 0) is 31.2 Å².